The number of hydrogen-bond acceptors (Lipinski definition) is 3. The van der Waals surface area contributed by atoms with Crippen molar-refractivity contribution in [2.45, 2.75) is 24.9 Å². The number of nitrogens with zero attached hydrogens (tertiary/aromatic N) is 2. The van der Waals surface area contributed by atoms with Gasteiger partial charge in [0.05, 0.1) is 16.3 Å². The minimum atomic E-state index is -4.39. The smallest absolute Gasteiger partial charge is 0.324 e. The SMILES string of the molecule is O=C(Nc1ccc(C(F)(F)F)cc1)N1CCC(c2nc(C=Cc3ccccc3)cs2)CC1. The molecule has 4 nitrogen and oxygen atoms in total. The van der Waals surface area contributed by atoms with Crippen LogP contribution in [0.4, 0.5) is 23.7 Å². The monoisotopic (exact) mass is 457 g/mol. The summed E-state index contributed by atoms with van der Waals surface area (Å²) in [7, 11) is 0. The summed E-state index contributed by atoms with van der Waals surface area (Å²) in [5.74, 6) is 0.300. The number of alkyl halides is 3. The largest absolute Gasteiger partial charge is 0.416 e. The van der Waals surface area contributed by atoms with Gasteiger partial charge in [0.1, 0.15) is 0 Å². The molecule has 3 aromatic rings. The molecule has 2 amide bonds. The lowest BCUT2D eigenvalue weighted by Gasteiger charge is -2.31. The van der Waals surface area contributed by atoms with E-state index < -0.39 is 11.7 Å². The van der Waals surface area contributed by atoms with Crippen LogP contribution in [-0.4, -0.2) is 29.0 Å². The van der Waals surface area contributed by atoms with Crippen LogP contribution in [-0.2, 0) is 6.18 Å². The number of thiazole rings is 1. The van der Waals surface area contributed by atoms with Gasteiger partial charge in [-0.2, -0.15) is 13.2 Å². The number of nitrogens with one attached hydrogen (secondary N) is 1. The van der Waals surface area contributed by atoms with Gasteiger partial charge in [-0.3, -0.25) is 0 Å². The lowest BCUT2D eigenvalue weighted by Crippen LogP contribution is -2.40. The van der Waals surface area contributed by atoms with Gasteiger partial charge in [0.2, 0.25) is 0 Å². The second-order valence-electron chi connectivity index (χ2n) is 7.62. The van der Waals surface area contributed by atoms with Crippen LogP contribution in [0, 0.1) is 0 Å². The molecule has 0 aliphatic carbocycles. The van der Waals surface area contributed by atoms with Crippen LogP contribution in [0.2, 0.25) is 0 Å². The average molecular weight is 458 g/mol. The van der Waals surface area contributed by atoms with Crippen molar-refractivity contribution in [3.8, 4) is 0 Å². The second-order valence-corrected chi connectivity index (χ2v) is 8.51. The number of carbonyl (C=O) groups is 1. The molecule has 1 aliphatic heterocycles. The summed E-state index contributed by atoms with van der Waals surface area (Å²) in [6.45, 7) is 1.15. The number of halogens is 3. The van der Waals surface area contributed by atoms with Crippen LogP contribution >= 0.6 is 11.3 Å². The van der Waals surface area contributed by atoms with Crippen molar-refractivity contribution < 1.29 is 18.0 Å². The molecule has 1 aromatic heterocycles. The second kappa shape index (κ2) is 9.56. The van der Waals surface area contributed by atoms with Gasteiger partial charge in [-0.1, -0.05) is 36.4 Å². The number of piperidine rings is 1. The minimum absolute atomic E-state index is 0.297. The summed E-state index contributed by atoms with van der Waals surface area (Å²) >= 11 is 1.63. The molecule has 1 saturated heterocycles. The fourth-order valence-corrected chi connectivity index (χ4v) is 4.54. The predicted molar refractivity (Wildman–Crippen MR) is 121 cm³/mol. The van der Waals surface area contributed by atoms with Crippen LogP contribution in [0.5, 0.6) is 0 Å². The first kappa shape index (κ1) is 22.1. The van der Waals surface area contributed by atoms with Crippen molar-refractivity contribution in [2.75, 3.05) is 18.4 Å². The van der Waals surface area contributed by atoms with E-state index in [-0.39, 0.29) is 6.03 Å². The third-order valence-corrected chi connectivity index (χ3v) is 6.41. The maximum atomic E-state index is 12.7. The van der Waals surface area contributed by atoms with E-state index >= 15 is 0 Å². The van der Waals surface area contributed by atoms with E-state index in [1.165, 1.54) is 12.1 Å². The summed E-state index contributed by atoms with van der Waals surface area (Å²) < 4.78 is 38.0. The number of likely N-dealkylation sites (tertiary alicyclic amines) is 1. The number of carbonyl (C=O) groups excluding carboxylic acids is 1. The highest BCUT2D eigenvalue weighted by Gasteiger charge is 2.30. The zero-order chi connectivity index (χ0) is 22.6. The highest BCUT2D eigenvalue weighted by Crippen LogP contribution is 2.32. The molecule has 2 aromatic carbocycles. The number of hydrogen-bond donors (Lipinski definition) is 1. The molecule has 0 bridgehead atoms. The fraction of sp³-hybridized carbons (Fsp3) is 0.250. The molecule has 1 fully saturated rings. The Hall–Kier alpha value is -3.13. The first-order valence-electron chi connectivity index (χ1n) is 10.3. The molecule has 166 valence electrons. The zero-order valence-electron chi connectivity index (χ0n) is 17.2. The van der Waals surface area contributed by atoms with Gasteiger partial charge < -0.3 is 10.2 Å². The number of rotatable bonds is 4. The molecule has 0 unspecified atom stereocenters. The Bertz CT molecular complexity index is 1070. The van der Waals surface area contributed by atoms with E-state index in [2.05, 4.69) is 5.32 Å². The summed E-state index contributed by atoms with van der Waals surface area (Å²) in [6, 6.07) is 14.2. The van der Waals surface area contributed by atoms with Gasteiger partial charge >= 0.3 is 12.2 Å². The number of amides is 2. The van der Waals surface area contributed by atoms with E-state index in [4.69, 9.17) is 4.98 Å². The molecule has 0 saturated carbocycles. The van der Waals surface area contributed by atoms with Crippen molar-refractivity contribution >= 4 is 35.2 Å². The topological polar surface area (TPSA) is 45.2 Å². The minimum Gasteiger partial charge on any atom is -0.324 e. The van der Waals surface area contributed by atoms with Crippen LogP contribution in [0.25, 0.3) is 12.2 Å². The van der Waals surface area contributed by atoms with Gasteiger partial charge in [-0.05, 0) is 48.7 Å². The molecular weight excluding hydrogens is 435 g/mol. The van der Waals surface area contributed by atoms with Crippen molar-refractivity contribution in [1.29, 1.82) is 0 Å². The third-order valence-electron chi connectivity index (χ3n) is 5.38. The molecule has 0 atom stereocenters. The Morgan fingerprint density at radius 3 is 2.38 bits per heavy atom. The summed E-state index contributed by atoms with van der Waals surface area (Å²) in [5, 5.41) is 5.79. The predicted octanol–water partition coefficient (Wildman–Crippen LogP) is 6.74. The summed E-state index contributed by atoms with van der Waals surface area (Å²) in [6.07, 6.45) is 1.25. The van der Waals surface area contributed by atoms with Gasteiger partial charge in [0.15, 0.2) is 0 Å². The van der Waals surface area contributed by atoms with E-state index in [0.29, 0.717) is 24.7 Å². The molecule has 32 heavy (non-hydrogen) atoms. The first-order chi connectivity index (χ1) is 15.4. The molecule has 0 spiro atoms. The average Bonchev–Trinajstić information content (AvgIpc) is 3.27. The standard InChI is InChI=1S/C24H22F3N3OS/c25-24(26,27)19-7-10-20(11-8-19)29-23(31)30-14-12-18(13-15-30)22-28-21(16-32-22)9-6-17-4-2-1-3-5-17/h1-11,16,18H,12-15H2,(H,29,31). The van der Waals surface area contributed by atoms with Crippen molar-refractivity contribution in [1.82, 2.24) is 9.88 Å². The third kappa shape index (κ3) is 5.56. The normalized spacial score (nSPS) is 15.3. The Kier molecular flexibility index (Phi) is 6.60. The highest BCUT2D eigenvalue weighted by atomic mass is 32.1. The van der Waals surface area contributed by atoms with Gasteiger partial charge in [0, 0.05) is 30.1 Å². The number of urea groups is 1. The molecular formula is C24H22F3N3OS. The van der Waals surface area contributed by atoms with Crippen molar-refractivity contribution in [3.05, 3.63) is 81.8 Å². The Labute approximate surface area is 188 Å². The van der Waals surface area contributed by atoms with Crippen LogP contribution in [0.15, 0.2) is 60.0 Å². The van der Waals surface area contributed by atoms with Gasteiger partial charge in [-0.15, -0.1) is 11.3 Å². The highest BCUT2D eigenvalue weighted by molar-refractivity contribution is 7.09. The van der Waals surface area contributed by atoms with Gasteiger partial charge in [-0.25, -0.2) is 9.78 Å². The Balaban J connectivity index is 1.29. The number of aromatic nitrogens is 1. The zero-order valence-corrected chi connectivity index (χ0v) is 18.0. The fourth-order valence-electron chi connectivity index (χ4n) is 3.59. The molecule has 0 radical (unpaired) electrons. The lowest BCUT2D eigenvalue weighted by molar-refractivity contribution is -0.137. The Morgan fingerprint density at radius 2 is 1.72 bits per heavy atom. The van der Waals surface area contributed by atoms with E-state index in [1.54, 1.807) is 16.2 Å². The quantitative estimate of drug-likeness (QED) is 0.471. The first-order valence-corrected chi connectivity index (χ1v) is 11.2. The van der Waals surface area contributed by atoms with Crippen LogP contribution in [0.3, 0.4) is 0 Å². The molecule has 1 aliphatic rings. The number of benzene rings is 2. The maximum absolute atomic E-state index is 12.7. The summed E-state index contributed by atoms with van der Waals surface area (Å²) in [5.41, 5.74) is 1.66. The van der Waals surface area contributed by atoms with Gasteiger partial charge in [0.25, 0.3) is 0 Å². The van der Waals surface area contributed by atoms with Crippen molar-refractivity contribution in [2.24, 2.45) is 0 Å². The molecule has 4 rings (SSSR count). The molecule has 2 heterocycles. The molecule has 1 N–H and O–H groups in total. The summed E-state index contributed by atoms with van der Waals surface area (Å²) in [4.78, 5) is 18.9. The maximum Gasteiger partial charge on any atom is 0.416 e. The van der Waals surface area contributed by atoms with Crippen LogP contribution in [0.1, 0.15) is 40.6 Å². The number of anilines is 1. The Morgan fingerprint density at radius 1 is 1.03 bits per heavy atom. The lowest BCUT2D eigenvalue weighted by atomic mass is 9.98. The molecule has 8 heteroatoms. The van der Waals surface area contributed by atoms with Crippen LogP contribution < -0.4 is 5.32 Å². The van der Waals surface area contributed by atoms with E-state index in [9.17, 15) is 18.0 Å². The van der Waals surface area contributed by atoms with E-state index in [0.717, 1.165) is 41.2 Å². The van der Waals surface area contributed by atoms with E-state index in [1.807, 2.05) is 47.9 Å². The van der Waals surface area contributed by atoms with Crippen molar-refractivity contribution in [3.63, 3.8) is 0 Å².